The zero-order valence-electron chi connectivity index (χ0n) is 11.5. The molecule has 0 saturated carbocycles. The minimum atomic E-state index is 0.865. The van der Waals surface area contributed by atoms with Crippen LogP contribution in [0.5, 0.6) is 0 Å². The molecule has 1 aromatic carbocycles. The minimum absolute atomic E-state index is 0.865. The van der Waals surface area contributed by atoms with E-state index < -0.39 is 0 Å². The highest BCUT2D eigenvalue weighted by Crippen LogP contribution is 2.34. The van der Waals surface area contributed by atoms with E-state index in [1.165, 1.54) is 5.52 Å². The molecule has 0 unspecified atom stereocenters. The third-order valence-corrected chi connectivity index (χ3v) is 4.93. The largest absolute Gasteiger partial charge is 0.409 e. The molecule has 0 saturated heterocycles. The molecule has 0 atom stereocenters. The lowest BCUT2D eigenvalue weighted by Crippen LogP contribution is -2.23. The molecule has 20 heavy (non-hydrogen) atoms. The van der Waals surface area contributed by atoms with E-state index in [4.69, 9.17) is 0 Å². The number of nitrogens with zero attached hydrogens (tertiary/aromatic N) is 4. The maximum atomic E-state index is 4.47. The summed E-state index contributed by atoms with van der Waals surface area (Å²) >= 11 is 5.02. The Morgan fingerprint density at radius 1 is 1.25 bits per heavy atom. The molecular weight excluding hydrogens is 336 g/mol. The summed E-state index contributed by atoms with van der Waals surface area (Å²) in [6.07, 6.45) is 1.98. The fourth-order valence-corrected chi connectivity index (χ4v) is 3.61. The lowest BCUT2D eigenvalue weighted by molar-refractivity contribution is -0.654. The molecule has 0 radical (unpaired) electrons. The average molecular weight is 350 g/mol. The van der Waals surface area contributed by atoms with Gasteiger partial charge in [0.2, 0.25) is 0 Å². The quantitative estimate of drug-likeness (QED) is 0.480. The molecule has 3 aromatic rings. The van der Waals surface area contributed by atoms with Gasteiger partial charge in [-0.25, -0.2) is 4.57 Å². The van der Waals surface area contributed by atoms with Gasteiger partial charge in [-0.3, -0.25) is 0 Å². The topological polar surface area (TPSA) is 33.5 Å². The Morgan fingerprint density at radius 3 is 2.70 bits per heavy atom. The second-order valence-corrected chi connectivity index (χ2v) is 7.03. The summed E-state index contributed by atoms with van der Waals surface area (Å²) in [6, 6.07) is 8.26. The lowest BCUT2D eigenvalue weighted by atomic mass is 10.2. The summed E-state index contributed by atoms with van der Waals surface area (Å²) in [5.74, 6) is 0. The van der Waals surface area contributed by atoms with Crippen LogP contribution in [-0.4, -0.2) is 4.57 Å². The van der Waals surface area contributed by atoms with Crippen molar-refractivity contribution in [3.63, 3.8) is 0 Å². The first-order valence-corrected chi connectivity index (χ1v) is 7.79. The molecule has 0 N–H and O–H groups in total. The number of aromatic nitrogens is 2. The molecular formula is C14H14BrN4S+. The van der Waals surface area contributed by atoms with Crippen molar-refractivity contribution in [2.24, 2.45) is 24.3 Å². The van der Waals surface area contributed by atoms with E-state index in [2.05, 4.69) is 56.8 Å². The van der Waals surface area contributed by atoms with Crippen LogP contribution in [0.25, 0.3) is 10.9 Å². The second kappa shape index (κ2) is 5.10. The fourth-order valence-electron chi connectivity index (χ4n) is 2.20. The molecule has 0 spiro atoms. The SMILES string of the molecule is Cc1c(/N=N/c2sc(Br)c[n+]2C)c2ccccc2n1C. The van der Waals surface area contributed by atoms with Gasteiger partial charge in [0, 0.05) is 18.1 Å². The van der Waals surface area contributed by atoms with Gasteiger partial charge in [-0.2, -0.15) is 0 Å². The molecule has 0 aliphatic carbocycles. The molecule has 2 aromatic heterocycles. The highest BCUT2D eigenvalue weighted by molar-refractivity contribution is 9.11. The number of benzene rings is 1. The van der Waals surface area contributed by atoms with Crippen molar-refractivity contribution >= 4 is 49.0 Å². The Labute approximate surface area is 129 Å². The number of aryl methyl sites for hydroxylation is 2. The molecule has 4 nitrogen and oxygen atoms in total. The van der Waals surface area contributed by atoms with Crippen LogP contribution in [0.2, 0.25) is 0 Å². The predicted molar refractivity (Wildman–Crippen MR) is 85.0 cm³/mol. The summed E-state index contributed by atoms with van der Waals surface area (Å²) in [5, 5.41) is 10.9. The fraction of sp³-hybridized carbons (Fsp3) is 0.214. The molecule has 3 rings (SSSR count). The Bertz CT molecular complexity index is 816. The molecule has 0 fully saturated rings. The molecule has 0 aliphatic heterocycles. The van der Waals surface area contributed by atoms with E-state index in [1.807, 2.05) is 29.9 Å². The number of hydrogen-bond donors (Lipinski definition) is 0. The first-order chi connectivity index (χ1) is 9.58. The van der Waals surface area contributed by atoms with Crippen molar-refractivity contribution < 1.29 is 4.57 Å². The third-order valence-electron chi connectivity index (χ3n) is 3.39. The highest BCUT2D eigenvalue weighted by Gasteiger charge is 2.15. The van der Waals surface area contributed by atoms with Crippen LogP contribution in [0.1, 0.15) is 5.69 Å². The van der Waals surface area contributed by atoms with Crippen LogP contribution >= 0.6 is 27.3 Å². The summed E-state index contributed by atoms with van der Waals surface area (Å²) in [6.45, 7) is 2.07. The van der Waals surface area contributed by atoms with E-state index in [-0.39, 0.29) is 0 Å². The van der Waals surface area contributed by atoms with Crippen molar-refractivity contribution in [2.45, 2.75) is 6.92 Å². The monoisotopic (exact) mass is 349 g/mol. The van der Waals surface area contributed by atoms with Gasteiger partial charge in [0.1, 0.15) is 15.7 Å². The summed E-state index contributed by atoms with van der Waals surface area (Å²) < 4.78 is 5.15. The van der Waals surface area contributed by atoms with Crippen molar-refractivity contribution in [1.82, 2.24) is 4.57 Å². The van der Waals surface area contributed by atoms with Gasteiger partial charge in [-0.05, 0) is 45.4 Å². The van der Waals surface area contributed by atoms with Crippen LogP contribution in [0, 0.1) is 6.92 Å². The van der Waals surface area contributed by atoms with Crippen molar-refractivity contribution in [1.29, 1.82) is 0 Å². The number of fused-ring (bicyclic) bond motifs is 1. The minimum Gasteiger partial charge on any atom is -0.346 e. The Balaban J connectivity index is 2.11. The first kappa shape index (κ1) is 13.5. The number of rotatable bonds is 2. The number of azo groups is 1. The Kier molecular flexibility index (Phi) is 3.43. The zero-order chi connectivity index (χ0) is 14.3. The summed E-state index contributed by atoms with van der Waals surface area (Å²) in [7, 11) is 4.02. The maximum Gasteiger partial charge on any atom is 0.409 e. The van der Waals surface area contributed by atoms with Crippen LogP contribution in [-0.2, 0) is 14.1 Å². The zero-order valence-corrected chi connectivity index (χ0v) is 13.9. The number of halogens is 1. The van der Waals surface area contributed by atoms with Crippen molar-refractivity contribution in [3.8, 4) is 0 Å². The lowest BCUT2D eigenvalue weighted by Gasteiger charge is -1.96. The van der Waals surface area contributed by atoms with Gasteiger partial charge in [0.25, 0.3) is 0 Å². The first-order valence-electron chi connectivity index (χ1n) is 6.18. The van der Waals surface area contributed by atoms with Crippen LogP contribution in [0.3, 0.4) is 0 Å². The number of hydrogen-bond acceptors (Lipinski definition) is 3. The van der Waals surface area contributed by atoms with Crippen molar-refractivity contribution in [3.05, 3.63) is 39.9 Å². The summed E-state index contributed by atoms with van der Waals surface area (Å²) in [4.78, 5) is 0. The van der Waals surface area contributed by atoms with Gasteiger partial charge < -0.3 is 4.57 Å². The number of para-hydroxylation sites is 1. The third kappa shape index (κ3) is 2.19. The van der Waals surface area contributed by atoms with E-state index in [9.17, 15) is 0 Å². The van der Waals surface area contributed by atoms with Crippen LogP contribution in [0.4, 0.5) is 10.8 Å². The average Bonchev–Trinajstić information content (AvgIpc) is 2.87. The Morgan fingerprint density at radius 2 is 2.00 bits per heavy atom. The normalized spacial score (nSPS) is 11.8. The van der Waals surface area contributed by atoms with E-state index in [0.717, 1.165) is 25.7 Å². The van der Waals surface area contributed by atoms with Gasteiger partial charge in [-0.1, -0.05) is 18.2 Å². The summed E-state index contributed by atoms with van der Waals surface area (Å²) in [5.41, 5.74) is 3.23. The van der Waals surface area contributed by atoms with Gasteiger partial charge in [0.05, 0.1) is 17.7 Å². The molecule has 0 aliphatic rings. The van der Waals surface area contributed by atoms with E-state index in [1.54, 1.807) is 11.3 Å². The molecule has 6 heteroatoms. The molecule has 0 bridgehead atoms. The van der Waals surface area contributed by atoms with Gasteiger partial charge in [-0.15, -0.1) is 0 Å². The molecule has 102 valence electrons. The standard InChI is InChI=1S/C14H14BrN4S/c1-9-13(10-6-4-5-7-11(10)19(9)3)16-17-14-18(2)8-12(15)20-14/h4-8H,1-3H3/q+1. The van der Waals surface area contributed by atoms with E-state index in [0.29, 0.717) is 0 Å². The van der Waals surface area contributed by atoms with Crippen LogP contribution in [0.15, 0.2) is 44.5 Å². The Hall–Kier alpha value is -1.53. The highest BCUT2D eigenvalue weighted by atomic mass is 79.9. The molecule has 2 heterocycles. The molecule has 0 amide bonds. The maximum absolute atomic E-state index is 4.47. The van der Waals surface area contributed by atoms with Crippen molar-refractivity contribution in [2.75, 3.05) is 0 Å². The predicted octanol–water partition coefficient (Wildman–Crippen LogP) is 4.55. The van der Waals surface area contributed by atoms with E-state index >= 15 is 0 Å². The number of thiazole rings is 1. The van der Waals surface area contributed by atoms with Gasteiger partial charge >= 0.3 is 5.13 Å². The second-order valence-electron chi connectivity index (χ2n) is 4.64. The van der Waals surface area contributed by atoms with Gasteiger partial charge in [0.15, 0.2) is 0 Å². The smallest absolute Gasteiger partial charge is 0.346 e. The van der Waals surface area contributed by atoms with Crippen LogP contribution < -0.4 is 4.57 Å².